The van der Waals surface area contributed by atoms with Crippen molar-refractivity contribution in [1.82, 2.24) is 9.97 Å². The Bertz CT molecular complexity index is 714. The Morgan fingerprint density at radius 1 is 1.21 bits per heavy atom. The number of ether oxygens (including phenoxy) is 1. The second-order valence-corrected chi connectivity index (χ2v) is 7.42. The van der Waals surface area contributed by atoms with E-state index in [0.29, 0.717) is 31.3 Å². The molecule has 2 saturated heterocycles. The van der Waals surface area contributed by atoms with Gasteiger partial charge in [0.15, 0.2) is 0 Å². The lowest BCUT2D eigenvalue weighted by Crippen LogP contribution is -2.42. The van der Waals surface area contributed by atoms with Crippen molar-refractivity contribution >= 4 is 23.3 Å². The third kappa shape index (κ3) is 4.18. The van der Waals surface area contributed by atoms with Gasteiger partial charge in [-0.1, -0.05) is 6.92 Å². The number of carbonyl (C=O) groups excluding carboxylic acids is 1. The van der Waals surface area contributed by atoms with Gasteiger partial charge in [-0.05, 0) is 45.4 Å². The molecule has 154 valence electrons. The maximum atomic E-state index is 12.2. The van der Waals surface area contributed by atoms with Crippen molar-refractivity contribution in [1.29, 1.82) is 0 Å². The van der Waals surface area contributed by atoms with Gasteiger partial charge in [-0.3, -0.25) is 14.9 Å². The average Bonchev–Trinajstić information content (AvgIpc) is 2.73. The standard InChI is InChI=1S/C19H29N5O4/c1-3-15-9-5-6-11-23(15)18-16(24(26)27)17(20-13-21-18)22-10-7-8-14(12-22)19(25)28-4-2/h13-15H,3-12H2,1-2H3. The summed E-state index contributed by atoms with van der Waals surface area (Å²) in [5.41, 5.74) is -0.0487. The van der Waals surface area contributed by atoms with Crippen LogP contribution in [-0.4, -0.2) is 53.1 Å². The molecule has 3 heterocycles. The summed E-state index contributed by atoms with van der Waals surface area (Å²) >= 11 is 0. The van der Waals surface area contributed by atoms with E-state index < -0.39 is 0 Å². The summed E-state index contributed by atoms with van der Waals surface area (Å²) in [5.74, 6) is 0.181. The van der Waals surface area contributed by atoms with E-state index in [1.54, 1.807) is 6.92 Å². The first-order chi connectivity index (χ1) is 13.6. The van der Waals surface area contributed by atoms with Crippen LogP contribution in [0.25, 0.3) is 0 Å². The van der Waals surface area contributed by atoms with Crippen molar-refractivity contribution in [3.8, 4) is 0 Å². The zero-order valence-electron chi connectivity index (χ0n) is 16.7. The predicted octanol–water partition coefficient (Wildman–Crippen LogP) is 2.93. The maximum Gasteiger partial charge on any atom is 0.353 e. The third-order valence-corrected chi connectivity index (χ3v) is 5.68. The van der Waals surface area contributed by atoms with Crippen LogP contribution in [0, 0.1) is 16.0 Å². The Labute approximate surface area is 165 Å². The van der Waals surface area contributed by atoms with Crippen LogP contribution >= 0.6 is 0 Å². The number of rotatable bonds is 6. The van der Waals surface area contributed by atoms with Crippen molar-refractivity contribution in [3.63, 3.8) is 0 Å². The summed E-state index contributed by atoms with van der Waals surface area (Å²) in [7, 11) is 0. The number of hydrogen-bond donors (Lipinski definition) is 0. The zero-order chi connectivity index (χ0) is 20.1. The van der Waals surface area contributed by atoms with Gasteiger partial charge < -0.3 is 14.5 Å². The van der Waals surface area contributed by atoms with E-state index in [1.807, 2.05) is 4.90 Å². The second kappa shape index (κ2) is 9.16. The molecular weight excluding hydrogens is 362 g/mol. The molecule has 0 spiro atoms. The van der Waals surface area contributed by atoms with Gasteiger partial charge in [0.05, 0.1) is 17.4 Å². The molecule has 2 fully saturated rings. The Hall–Kier alpha value is -2.45. The minimum Gasteiger partial charge on any atom is -0.466 e. The van der Waals surface area contributed by atoms with Crippen molar-refractivity contribution in [3.05, 3.63) is 16.4 Å². The fraction of sp³-hybridized carbons (Fsp3) is 0.737. The molecule has 9 heteroatoms. The minimum atomic E-state index is -0.375. The van der Waals surface area contributed by atoms with Crippen molar-refractivity contribution in [2.75, 3.05) is 36.0 Å². The molecule has 0 bridgehead atoms. The first kappa shape index (κ1) is 20.3. The van der Waals surface area contributed by atoms with Crippen LogP contribution in [0.5, 0.6) is 0 Å². The van der Waals surface area contributed by atoms with Crippen molar-refractivity contribution < 1.29 is 14.5 Å². The molecule has 2 aliphatic rings. The lowest BCUT2D eigenvalue weighted by atomic mass is 9.98. The Morgan fingerprint density at radius 3 is 2.71 bits per heavy atom. The largest absolute Gasteiger partial charge is 0.466 e. The molecule has 1 aromatic rings. The molecule has 0 saturated carbocycles. The smallest absolute Gasteiger partial charge is 0.353 e. The van der Waals surface area contributed by atoms with Gasteiger partial charge in [0.2, 0.25) is 11.6 Å². The lowest BCUT2D eigenvalue weighted by Gasteiger charge is -2.37. The van der Waals surface area contributed by atoms with Gasteiger partial charge in [0, 0.05) is 25.7 Å². The number of anilines is 2. The van der Waals surface area contributed by atoms with E-state index >= 15 is 0 Å². The molecule has 0 radical (unpaired) electrons. The molecule has 2 atom stereocenters. The highest BCUT2D eigenvalue weighted by molar-refractivity contribution is 5.75. The van der Waals surface area contributed by atoms with Crippen LogP contribution < -0.4 is 9.80 Å². The van der Waals surface area contributed by atoms with Crippen LogP contribution in [0.4, 0.5) is 17.3 Å². The first-order valence-electron chi connectivity index (χ1n) is 10.2. The average molecular weight is 391 g/mol. The van der Waals surface area contributed by atoms with Gasteiger partial charge in [-0.2, -0.15) is 0 Å². The normalized spacial score (nSPS) is 22.8. The summed E-state index contributed by atoms with van der Waals surface area (Å²) in [6.07, 6.45) is 6.97. The number of hydrogen-bond acceptors (Lipinski definition) is 8. The molecule has 9 nitrogen and oxygen atoms in total. The molecule has 3 rings (SSSR count). The molecule has 0 N–H and O–H groups in total. The molecule has 28 heavy (non-hydrogen) atoms. The Morgan fingerprint density at radius 2 is 2.00 bits per heavy atom. The summed E-state index contributed by atoms with van der Waals surface area (Å²) in [5, 5.41) is 12.0. The van der Waals surface area contributed by atoms with Gasteiger partial charge in [0.25, 0.3) is 0 Å². The molecular formula is C19H29N5O4. The van der Waals surface area contributed by atoms with Crippen molar-refractivity contribution in [2.45, 2.75) is 58.4 Å². The predicted molar refractivity (Wildman–Crippen MR) is 106 cm³/mol. The van der Waals surface area contributed by atoms with Gasteiger partial charge >= 0.3 is 11.7 Å². The number of nitro groups is 1. The van der Waals surface area contributed by atoms with Gasteiger partial charge in [-0.25, -0.2) is 9.97 Å². The Balaban J connectivity index is 1.93. The first-order valence-corrected chi connectivity index (χ1v) is 10.2. The number of piperidine rings is 2. The van der Waals surface area contributed by atoms with Gasteiger partial charge in [-0.15, -0.1) is 0 Å². The molecule has 0 aliphatic carbocycles. The fourth-order valence-corrected chi connectivity index (χ4v) is 4.29. The summed E-state index contributed by atoms with van der Waals surface area (Å²) in [6.45, 7) is 5.99. The highest BCUT2D eigenvalue weighted by Gasteiger charge is 2.36. The van der Waals surface area contributed by atoms with E-state index in [-0.39, 0.29) is 28.5 Å². The fourth-order valence-electron chi connectivity index (χ4n) is 4.29. The van der Waals surface area contributed by atoms with E-state index in [9.17, 15) is 14.9 Å². The molecule has 2 unspecified atom stereocenters. The summed E-state index contributed by atoms with van der Waals surface area (Å²) < 4.78 is 5.15. The van der Waals surface area contributed by atoms with Crippen LogP contribution in [0.3, 0.4) is 0 Å². The van der Waals surface area contributed by atoms with Crippen LogP contribution in [0.2, 0.25) is 0 Å². The van der Waals surface area contributed by atoms with E-state index in [2.05, 4.69) is 21.8 Å². The number of carbonyl (C=O) groups is 1. The molecule has 0 aromatic carbocycles. The number of nitrogens with zero attached hydrogens (tertiary/aromatic N) is 5. The Kier molecular flexibility index (Phi) is 6.64. The van der Waals surface area contributed by atoms with E-state index in [4.69, 9.17) is 4.74 Å². The topological polar surface area (TPSA) is 102 Å². The summed E-state index contributed by atoms with van der Waals surface area (Å²) in [4.78, 5) is 36.3. The van der Waals surface area contributed by atoms with Crippen molar-refractivity contribution in [2.24, 2.45) is 5.92 Å². The SMILES string of the molecule is CCOC(=O)C1CCCN(c2ncnc(N3CCCCC3CC)c2[N+](=O)[O-])C1. The van der Waals surface area contributed by atoms with Crippen LogP contribution in [0.1, 0.15) is 52.4 Å². The summed E-state index contributed by atoms with van der Waals surface area (Å²) in [6, 6.07) is 0.254. The third-order valence-electron chi connectivity index (χ3n) is 5.68. The minimum absolute atomic E-state index is 0.0487. The molecule has 0 amide bonds. The highest BCUT2D eigenvalue weighted by atomic mass is 16.6. The maximum absolute atomic E-state index is 12.2. The van der Waals surface area contributed by atoms with E-state index in [1.165, 1.54) is 6.33 Å². The van der Waals surface area contributed by atoms with E-state index in [0.717, 1.165) is 45.1 Å². The quantitative estimate of drug-likeness (QED) is 0.414. The highest BCUT2D eigenvalue weighted by Crippen LogP contribution is 2.38. The number of esters is 1. The monoisotopic (exact) mass is 391 g/mol. The number of aromatic nitrogens is 2. The van der Waals surface area contributed by atoms with Gasteiger partial charge in [0.1, 0.15) is 6.33 Å². The van der Waals surface area contributed by atoms with Crippen LogP contribution in [0.15, 0.2) is 6.33 Å². The van der Waals surface area contributed by atoms with Crippen LogP contribution in [-0.2, 0) is 9.53 Å². The molecule has 1 aromatic heterocycles. The lowest BCUT2D eigenvalue weighted by molar-refractivity contribution is -0.383. The second-order valence-electron chi connectivity index (χ2n) is 7.42. The zero-order valence-corrected chi connectivity index (χ0v) is 16.7. The molecule has 2 aliphatic heterocycles.